The normalized spacial score (nSPS) is 11.8. The third kappa shape index (κ3) is 3.20. The Labute approximate surface area is 104 Å². The molecular formula is C8H14N4O3S2. The summed E-state index contributed by atoms with van der Waals surface area (Å²) in [7, 11) is -3.59. The first-order chi connectivity index (χ1) is 7.91. The van der Waals surface area contributed by atoms with Crippen LogP contribution >= 0.6 is 11.3 Å². The molecule has 0 unspecified atom stereocenters. The van der Waals surface area contributed by atoms with Gasteiger partial charge in [0.1, 0.15) is 0 Å². The van der Waals surface area contributed by atoms with Gasteiger partial charge in [-0.3, -0.25) is 4.79 Å². The highest BCUT2D eigenvalue weighted by molar-refractivity contribution is 7.91. The summed E-state index contributed by atoms with van der Waals surface area (Å²) in [4.78, 5) is 10.8. The highest BCUT2D eigenvalue weighted by atomic mass is 32.2. The highest BCUT2D eigenvalue weighted by Crippen LogP contribution is 2.22. The van der Waals surface area contributed by atoms with Gasteiger partial charge in [-0.15, -0.1) is 10.2 Å². The maximum atomic E-state index is 12.0. The summed E-state index contributed by atoms with van der Waals surface area (Å²) in [6.45, 7) is 5.55. The zero-order chi connectivity index (χ0) is 13.1. The molecule has 1 aromatic heterocycles. The van der Waals surface area contributed by atoms with Crippen molar-refractivity contribution < 1.29 is 13.2 Å². The monoisotopic (exact) mass is 278 g/mol. The van der Waals surface area contributed by atoms with E-state index in [-0.39, 0.29) is 15.4 Å². The molecule has 1 amide bonds. The minimum Gasteiger partial charge on any atom is -0.301 e. The SMILES string of the molecule is CCN(CC)S(=O)(=O)c1nnc(NC(C)=O)s1. The van der Waals surface area contributed by atoms with E-state index in [9.17, 15) is 13.2 Å². The van der Waals surface area contributed by atoms with Gasteiger partial charge in [0, 0.05) is 20.0 Å². The van der Waals surface area contributed by atoms with Crippen LogP contribution in [0.1, 0.15) is 20.8 Å². The Kier molecular flexibility index (Phi) is 4.54. The van der Waals surface area contributed by atoms with E-state index in [2.05, 4.69) is 15.5 Å². The van der Waals surface area contributed by atoms with Gasteiger partial charge < -0.3 is 5.32 Å². The van der Waals surface area contributed by atoms with E-state index in [0.29, 0.717) is 13.1 Å². The van der Waals surface area contributed by atoms with Gasteiger partial charge in [0.15, 0.2) is 0 Å². The summed E-state index contributed by atoms with van der Waals surface area (Å²) in [5, 5.41) is 9.77. The summed E-state index contributed by atoms with van der Waals surface area (Å²) >= 11 is 0.843. The largest absolute Gasteiger partial charge is 0.301 e. The Morgan fingerprint density at radius 3 is 2.41 bits per heavy atom. The number of anilines is 1. The lowest BCUT2D eigenvalue weighted by molar-refractivity contribution is -0.114. The molecule has 1 aromatic rings. The number of hydrogen-bond donors (Lipinski definition) is 1. The fraction of sp³-hybridized carbons (Fsp3) is 0.625. The van der Waals surface area contributed by atoms with Crippen LogP contribution in [0, 0.1) is 0 Å². The number of nitrogens with one attached hydrogen (secondary N) is 1. The molecule has 1 heterocycles. The Balaban J connectivity index is 3.00. The van der Waals surface area contributed by atoms with Crippen molar-refractivity contribution in [3.8, 4) is 0 Å². The average Bonchev–Trinajstić information content (AvgIpc) is 2.67. The third-order valence-corrected chi connectivity index (χ3v) is 5.19. The summed E-state index contributed by atoms with van der Waals surface area (Å²) < 4.78 is 25.2. The van der Waals surface area contributed by atoms with Crippen molar-refractivity contribution >= 4 is 32.4 Å². The maximum absolute atomic E-state index is 12.0. The lowest BCUT2D eigenvalue weighted by atomic mass is 10.7. The first-order valence-electron chi connectivity index (χ1n) is 5.03. The first-order valence-corrected chi connectivity index (χ1v) is 7.28. The first kappa shape index (κ1) is 14.0. The highest BCUT2D eigenvalue weighted by Gasteiger charge is 2.26. The Hall–Kier alpha value is -1.06. The average molecular weight is 278 g/mol. The number of sulfonamides is 1. The number of carbonyl (C=O) groups excluding carboxylic acids is 1. The second kappa shape index (κ2) is 5.52. The minimum absolute atomic E-state index is 0.107. The summed E-state index contributed by atoms with van der Waals surface area (Å²) in [5.74, 6) is -0.312. The minimum atomic E-state index is -3.59. The standard InChI is InChI=1S/C8H14N4O3S2/c1-4-12(5-2)17(14,15)8-11-10-7(16-8)9-6(3)13/h4-5H2,1-3H3,(H,9,10,13). The van der Waals surface area contributed by atoms with Crippen LogP contribution in [0.2, 0.25) is 0 Å². The molecule has 0 atom stereocenters. The molecule has 0 fully saturated rings. The van der Waals surface area contributed by atoms with Gasteiger partial charge in [0.2, 0.25) is 15.4 Å². The topological polar surface area (TPSA) is 92.3 Å². The molecule has 1 rings (SSSR count). The van der Waals surface area contributed by atoms with Crippen molar-refractivity contribution in [2.24, 2.45) is 0 Å². The molecule has 1 N–H and O–H groups in total. The van der Waals surface area contributed by atoms with E-state index in [1.165, 1.54) is 11.2 Å². The van der Waals surface area contributed by atoms with Gasteiger partial charge in [-0.2, -0.15) is 4.31 Å². The molecule has 0 aromatic carbocycles. The molecule has 0 bridgehead atoms. The van der Waals surface area contributed by atoms with Gasteiger partial charge in [-0.05, 0) is 0 Å². The van der Waals surface area contributed by atoms with Crippen LogP contribution in [0.4, 0.5) is 5.13 Å². The number of carbonyl (C=O) groups is 1. The predicted octanol–water partition coefficient (Wildman–Crippen LogP) is 0.527. The molecule has 0 aliphatic rings. The Bertz CT molecular complexity index is 493. The summed E-state index contributed by atoms with van der Waals surface area (Å²) in [5.41, 5.74) is 0. The molecular weight excluding hydrogens is 264 g/mol. The molecule has 0 saturated heterocycles. The van der Waals surface area contributed by atoms with Gasteiger partial charge in [-0.1, -0.05) is 25.2 Å². The predicted molar refractivity (Wildman–Crippen MR) is 64.3 cm³/mol. The van der Waals surface area contributed by atoms with Crippen LogP contribution in [-0.4, -0.2) is 41.9 Å². The second-order valence-corrected chi connectivity index (χ2v) is 6.23. The quantitative estimate of drug-likeness (QED) is 0.793. The fourth-order valence-corrected chi connectivity index (χ4v) is 3.73. The molecule has 9 heteroatoms. The van der Waals surface area contributed by atoms with Gasteiger partial charge in [0.05, 0.1) is 0 Å². The molecule has 0 aliphatic carbocycles. The molecule has 7 nitrogen and oxygen atoms in total. The van der Waals surface area contributed by atoms with Crippen LogP contribution in [0.25, 0.3) is 0 Å². The van der Waals surface area contributed by atoms with Crippen LogP contribution in [0.3, 0.4) is 0 Å². The lowest BCUT2D eigenvalue weighted by Gasteiger charge is -2.15. The smallest absolute Gasteiger partial charge is 0.272 e. The number of aromatic nitrogens is 2. The lowest BCUT2D eigenvalue weighted by Crippen LogP contribution is -2.30. The van der Waals surface area contributed by atoms with Crippen LogP contribution < -0.4 is 5.32 Å². The fourth-order valence-electron chi connectivity index (χ4n) is 1.19. The van der Waals surface area contributed by atoms with E-state index < -0.39 is 10.0 Å². The van der Waals surface area contributed by atoms with Crippen molar-refractivity contribution in [1.82, 2.24) is 14.5 Å². The Morgan fingerprint density at radius 2 is 1.94 bits per heavy atom. The summed E-state index contributed by atoms with van der Waals surface area (Å²) in [6.07, 6.45) is 0. The number of hydrogen-bond acceptors (Lipinski definition) is 6. The van der Waals surface area contributed by atoms with Crippen molar-refractivity contribution in [3.05, 3.63) is 0 Å². The zero-order valence-electron chi connectivity index (χ0n) is 9.80. The Morgan fingerprint density at radius 1 is 1.35 bits per heavy atom. The molecule has 0 radical (unpaired) electrons. The van der Waals surface area contributed by atoms with Gasteiger partial charge >= 0.3 is 0 Å². The van der Waals surface area contributed by atoms with Crippen molar-refractivity contribution in [3.63, 3.8) is 0 Å². The van der Waals surface area contributed by atoms with E-state index >= 15 is 0 Å². The van der Waals surface area contributed by atoms with Crippen LogP contribution in [0.15, 0.2) is 4.34 Å². The third-order valence-electron chi connectivity index (χ3n) is 1.96. The molecule has 96 valence electrons. The van der Waals surface area contributed by atoms with Crippen molar-refractivity contribution in [1.29, 1.82) is 0 Å². The van der Waals surface area contributed by atoms with Gasteiger partial charge in [-0.25, -0.2) is 8.42 Å². The number of rotatable bonds is 5. The van der Waals surface area contributed by atoms with E-state index in [1.54, 1.807) is 13.8 Å². The molecule has 0 aliphatic heterocycles. The van der Waals surface area contributed by atoms with Crippen LogP contribution in [-0.2, 0) is 14.8 Å². The molecule has 0 saturated carbocycles. The van der Waals surface area contributed by atoms with Gasteiger partial charge in [0.25, 0.3) is 10.0 Å². The number of nitrogens with zero attached hydrogens (tertiary/aromatic N) is 3. The van der Waals surface area contributed by atoms with Crippen LogP contribution in [0.5, 0.6) is 0 Å². The maximum Gasteiger partial charge on any atom is 0.272 e. The van der Waals surface area contributed by atoms with Crippen molar-refractivity contribution in [2.75, 3.05) is 18.4 Å². The zero-order valence-corrected chi connectivity index (χ0v) is 11.4. The molecule has 0 spiro atoms. The second-order valence-electron chi connectivity index (χ2n) is 3.14. The summed E-state index contributed by atoms with van der Waals surface area (Å²) in [6, 6.07) is 0. The van der Waals surface area contributed by atoms with E-state index in [4.69, 9.17) is 0 Å². The van der Waals surface area contributed by atoms with E-state index in [1.807, 2.05) is 0 Å². The van der Waals surface area contributed by atoms with Crippen molar-refractivity contribution in [2.45, 2.75) is 25.1 Å². The molecule has 17 heavy (non-hydrogen) atoms. The number of amides is 1. The van der Waals surface area contributed by atoms with E-state index in [0.717, 1.165) is 11.3 Å².